The van der Waals surface area contributed by atoms with Crippen molar-refractivity contribution in [3.8, 4) is 5.75 Å². The zero-order valence-corrected chi connectivity index (χ0v) is 13.5. The maximum Gasteiger partial charge on any atom is 0.434 e. The number of rotatable bonds is 4. The predicted octanol–water partition coefficient (Wildman–Crippen LogP) is 2.48. The fourth-order valence-electron chi connectivity index (χ4n) is 2.78. The molecule has 0 aliphatic rings. The van der Waals surface area contributed by atoms with Crippen molar-refractivity contribution >= 4 is 16.8 Å². The van der Waals surface area contributed by atoms with E-state index in [1.165, 1.54) is 4.57 Å². The highest BCUT2D eigenvalue weighted by atomic mass is 16.3. The van der Waals surface area contributed by atoms with Gasteiger partial charge in [0.25, 0.3) is 5.56 Å². The summed E-state index contributed by atoms with van der Waals surface area (Å²) >= 11 is 0. The van der Waals surface area contributed by atoms with Crippen molar-refractivity contribution in [3.05, 3.63) is 70.8 Å². The molecular formula is C19H19N2O3+. The summed E-state index contributed by atoms with van der Waals surface area (Å²) in [6, 6.07) is 12.3. The normalized spacial score (nSPS) is 10.9. The van der Waals surface area contributed by atoms with Gasteiger partial charge in [0.2, 0.25) is 0 Å². The van der Waals surface area contributed by atoms with Crippen LogP contribution in [0, 0.1) is 0 Å². The molecule has 1 N–H and O–H groups in total. The number of aryl methyl sites for hydroxylation is 1. The van der Waals surface area contributed by atoms with E-state index in [0.717, 1.165) is 12.8 Å². The summed E-state index contributed by atoms with van der Waals surface area (Å²) in [7, 11) is 0. The van der Waals surface area contributed by atoms with Crippen LogP contribution in [-0.4, -0.2) is 15.6 Å². The Balaban J connectivity index is 2.28. The fraction of sp³-hybridized carbons (Fsp3) is 0.211. The molecular weight excluding hydrogens is 304 g/mol. The van der Waals surface area contributed by atoms with Crippen molar-refractivity contribution in [2.75, 3.05) is 0 Å². The predicted molar refractivity (Wildman–Crippen MR) is 91.1 cm³/mol. The first-order valence-corrected chi connectivity index (χ1v) is 8.00. The van der Waals surface area contributed by atoms with E-state index in [1.54, 1.807) is 53.4 Å². The smallest absolute Gasteiger partial charge is 0.434 e. The maximum atomic E-state index is 12.9. The first kappa shape index (κ1) is 15.9. The number of carbonyl (C=O) groups excluding carboxylic acids is 1. The number of benzene rings is 1. The minimum atomic E-state index is -0.533. The molecule has 5 heteroatoms. The van der Waals surface area contributed by atoms with Gasteiger partial charge in [-0.1, -0.05) is 31.5 Å². The summed E-state index contributed by atoms with van der Waals surface area (Å²) < 4.78 is 2.88. The largest absolute Gasteiger partial charge is 0.506 e. The summed E-state index contributed by atoms with van der Waals surface area (Å²) in [5, 5.41) is 11.1. The van der Waals surface area contributed by atoms with Crippen LogP contribution < -0.4 is 10.1 Å². The van der Waals surface area contributed by atoms with Crippen LogP contribution in [0.5, 0.6) is 5.75 Å². The van der Waals surface area contributed by atoms with E-state index in [2.05, 4.69) is 0 Å². The highest BCUT2D eigenvalue weighted by Gasteiger charge is 2.28. The average molecular weight is 323 g/mol. The first-order chi connectivity index (χ1) is 11.6. The van der Waals surface area contributed by atoms with Crippen LogP contribution in [-0.2, 0) is 6.54 Å². The molecule has 3 aromatic rings. The quantitative estimate of drug-likeness (QED) is 0.750. The van der Waals surface area contributed by atoms with Crippen LogP contribution in [0.4, 0.5) is 0 Å². The molecule has 0 radical (unpaired) electrons. The van der Waals surface area contributed by atoms with Gasteiger partial charge in [0.15, 0.2) is 18.0 Å². The van der Waals surface area contributed by atoms with Gasteiger partial charge in [-0.15, -0.1) is 4.57 Å². The number of carbonyl (C=O) groups is 1. The van der Waals surface area contributed by atoms with E-state index in [1.807, 2.05) is 13.0 Å². The van der Waals surface area contributed by atoms with E-state index < -0.39 is 11.5 Å². The number of hydrogen-bond donors (Lipinski definition) is 1. The zero-order valence-electron chi connectivity index (χ0n) is 13.5. The van der Waals surface area contributed by atoms with Crippen molar-refractivity contribution in [3.63, 3.8) is 0 Å². The van der Waals surface area contributed by atoms with E-state index >= 15 is 0 Å². The molecule has 0 aliphatic heterocycles. The monoisotopic (exact) mass is 323 g/mol. The lowest BCUT2D eigenvalue weighted by Gasteiger charge is -2.12. The minimum absolute atomic E-state index is 0.194. The molecule has 1 aromatic carbocycles. The van der Waals surface area contributed by atoms with Gasteiger partial charge in [-0.3, -0.25) is 4.79 Å². The minimum Gasteiger partial charge on any atom is -0.506 e. The maximum absolute atomic E-state index is 12.9. The van der Waals surface area contributed by atoms with Crippen LogP contribution in [0.2, 0.25) is 0 Å². The molecule has 5 nitrogen and oxygen atoms in total. The van der Waals surface area contributed by atoms with Gasteiger partial charge < -0.3 is 9.67 Å². The van der Waals surface area contributed by atoms with Crippen molar-refractivity contribution in [2.45, 2.75) is 26.3 Å². The third-order valence-electron chi connectivity index (χ3n) is 4.04. The second kappa shape index (κ2) is 6.66. The van der Waals surface area contributed by atoms with Crippen LogP contribution in [0.25, 0.3) is 10.9 Å². The lowest BCUT2D eigenvalue weighted by Crippen LogP contribution is -2.45. The van der Waals surface area contributed by atoms with Gasteiger partial charge in [0.05, 0.1) is 5.52 Å². The molecule has 0 spiro atoms. The zero-order chi connectivity index (χ0) is 17.1. The molecule has 0 unspecified atom stereocenters. The highest BCUT2D eigenvalue weighted by Crippen LogP contribution is 2.26. The third kappa shape index (κ3) is 2.69. The molecule has 24 heavy (non-hydrogen) atoms. The van der Waals surface area contributed by atoms with Crippen LogP contribution in [0.3, 0.4) is 0 Å². The molecule has 122 valence electrons. The Bertz CT molecular complexity index is 946. The van der Waals surface area contributed by atoms with Crippen molar-refractivity contribution in [1.29, 1.82) is 0 Å². The van der Waals surface area contributed by atoms with Gasteiger partial charge in [0, 0.05) is 24.1 Å². The number of fused-ring (bicyclic) bond motifs is 1. The topological polar surface area (TPSA) is 63.2 Å². The van der Waals surface area contributed by atoms with Gasteiger partial charge in [-0.05, 0) is 18.6 Å². The molecule has 0 aliphatic carbocycles. The summed E-state index contributed by atoms with van der Waals surface area (Å²) in [5.74, 6) is -0.793. The Morgan fingerprint density at radius 3 is 2.54 bits per heavy atom. The standard InChI is InChI=1S/C19H18N2O3/c1-2-3-13-21-15-10-6-5-9-14(15)17(22)16(19(21)24)18(23)20-11-7-4-8-12-20/h4-12H,2-3,13H2,1H3/p+1. The van der Waals surface area contributed by atoms with Crippen molar-refractivity contribution < 1.29 is 14.5 Å². The Kier molecular flexibility index (Phi) is 4.42. The summed E-state index contributed by atoms with van der Waals surface area (Å²) in [6.45, 7) is 2.55. The van der Waals surface area contributed by atoms with Crippen molar-refractivity contribution in [1.82, 2.24) is 4.57 Å². The number of para-hydroxylation sites is 1. The lowest BCUT2D eigenvalue weighted by atomic mass is 10.1. The Morgan fingerprint density at radius 2 is 1.83 bits per heavy atom. The molecule has 0 bridgehead atoms. The van der Waals surface area contributed by atoms with Crippen molar-refractivity contribution in [2.24, 2.45) is 0 Å². The second-order valence-corrected chi connectivity index (χ2v) is 5.64. The number of pyridine rings is 2. The Hall–Kier alpha value is -2.95. The number of hydrogen-bond acceptors (Lipinski definition) is 3. The second-order valence-electron chi connectivity index (χ2n) is 5.64. The van der Waals surface area contributed by atoms with Gasteiger partial charge in [-0.2, -0.15) is 0 Å². The lowest BCUT2D eigenvalue weighted by molar-refractivity contribution is -0.570. The number of unbranched alkanes of at least 4 members (excludes halogenated alkanes) is 1. The SMILES string of the molecule is CCCCn1c(=O)c(C(=O)[n+]2ccccc2)c(O)c2ccccc21. The third-order valence-corrected chi connectivity index (χ3v) is 4.04. The summed E-state index contributed by atoms with van der Waals surface area (Å²) in [4.78, 5) is 25.6. The molecule has 2 aromatic heterocycles. The average Bonchev–Trinajstić information content (AvgIpc) is 2.62. The molecule has 3 rings (SSSR count). The van der Waals surface area contributed by atoms with E-state index in [-0.39, 0.29) is 11.3 Å². The Labute approximate surface area is 139 Å². The molecule has 0 atom stereocenters. The highest BCUT2D eigenvalue weighted by molar-refractivity contribution is 5.98. The van der Waals surface area contributed by atoms with Crippen LogP contribution in [0.15, 0.2) is 59.7 Å². The fourth-order valence-corrected chi connectivity index (χ4v) is 2.78. The van der Waals surface area contributed by atoms with E-state index in [9.17, 15) is 14.7 Å². The van der Waals surface area contributed by atoms with Gasteiger partial charge >= 0.3 is 5.91 Å². The van der Waals surface area contributed by atoms with Gasteiger partial charge in [-0.25, -0.2) is 4.79 Å². The van der Waals surface area contributed by atoms with Gasteiger partial charge in [0.1, 0.15) is 5.75 Å². The van der Waals surface area contributed by atoms with E-state index in [4.69, 9.17) is 0 Å². The Morgan fingerprint density at radius 1 is 1.12 bits per heavy atom. The first-order valence-electron chi connectivity index (χ1n) is 8.00. The number of aromatic nitrogens is 2. The molecule has 0 fully saturated rings. The molecule has 0 saturated heterocycles. The molecule has 0 amide bonds. The molecule has 0 saturated carbocycles. The van der Waals surface area contributed by atoms with E-state index in [0.29, 0.717) is 17.4 Å². The summed E-state index contributed by atoms with van der Waals surface area (Å²) in [6.07, 6.45) is 4.87. The number of aromatic hydroxyl groups is 1. The van der Waals surface area contributed by atoms with Crippen LogP contribution >= 0.6 is 0 Å². The van der Waals surface area contributed by atoms with Crippen LogP contribution in [0.1, 0.15) is 30.1 Å². The molecule has 2 heterocycles. The summed E-state index contributed by atoms with van der Waals surface area (Å²) in [5.41, 5.74) is -0.00920. The number of nitrogens with zero attached hydrogens (tertiary/aromatic N) is 2.